The lowest BCUT2D eigenvalue weighted by atomic mass is 10.2. The highest BCUT2D eigenvalue weighted by Crippen LogP contribution is 2.24. The third-order valence-electron chi connectivity index (χ3n) is 5.71. The normalized spacial score (nSPS) is 13.4. The molecule has 0 bridgehead atoms. The van der Waals surface area contributed by atoms with Crippen LogP contribution in [-0.2, 0) is 24.2 Å². The first-order valence-corrected chi connectivity index (χ1v) is 11.1. The second kappa shape index (κ2) is 9.18. The number of benzene rings is 2. The minimum absolute atomic E-state index is 0.0754. The summed E-state index contributed by atoms with van der Waals surface area (Å²) in [5.74, 6) is 3.16. The number of hydrogen-bond acceptors (Lipinski definition) is 5. The molecule has 0 saturated heterocycles. The SMILES string of the molecule is O=C(CCc1ncc(-c2ccccc2)o1)Nc1ccc(-c2nnc3n2CCCCC3)cc1. The van der Waals surface area contributed by atoms with Gasteiger partial charge in [0.05, 0.1) is 6.20 Å². The zero-order valence-electron chi connectivity index (χ0n) is 17.8. The van der Waals surface area contributed by atoms with Gasteiger partial charge in [0.2, 0.25) is 5.91 Å². The summed E-state index contributed by atoms with van der Waals surface area (Å²) in [6.07, 6.45) is 6.99. The van der Waals surface area contributed by atoms with E-state index in [2.05, 4.69) is 25.1 Å². The lowest BCUT2D eigenvalue weighted by Crippen LogP contribution is -2.12. The Morgan fingerprint density at radius 1 is 0.969 bits per heavy atom. The molecule has 0 fully saturated rings. The van der Waals surface area contributed by atoms with Gasteiger partial charge < -0.3 is 14.3 Å². The van der Waals surface area contributed by atoms with Crippen LogP contribution in [-0.4, -0.2) is 25.7 Å². The predicted molar refractivity (Wildman–Crippen MR) is 122 cm³/mol. The van der Waals surface area contributed by atoms with Crippen LogP contribution in [0.25, 0.3) is 22.7 Å². The molecule has 1 amide bonds. The fourth-order valence-electron chi connectivity index (χ4n) is 4.01. The molecule has 2 aromatic heterocycles. The quantitative estimate of drug-likeness (QED) is 0.473. The second-order valence-electron chi connectivity index (χ2n) is 8.01. The number of nitrogens with one attached hydrogen (secondary N) is 1. The minimum Gasteiger partial charge on any atom is -0.441 e. The number of anilines is 1. The Balaban J connectivity index is 1.18. The summed E-state index contributed by atoms with van der Waals surface area (Å²) in [6, 6.07) is 17.6. The Bertz CT molecular complexity index is 1190. The van der Waals surface area contributed by atoms with E-state index >= 15 is 0 Å². The van der Waals surface area contributed by atoms with E-state index in [4.69, 9.17) is 4.42 Å². The van der Waals surface area contributed by atoms with E-state index in [1.165, 1.54) is 12.8 Å². The van der Waals surface area contributed by atoms with Gasteiger partial charge in [-0.15, -0.1) is 10.2 Å². The molecule has 162 valence electrons. The van der Waals surface area contributed by atoms with Gasteiger partial charge in [-0.2, -0.15) is 0 Å². The van der Waals surface area contributed by atoms with Crippen molar-refractivity contribution in [3.8, 4) is 22.7 Å². The number of nitrogens with zero attached hydrogens (tertiary/aromatic N) is 4. The third-order valence-corrected chi connectivity index (χ3v) is 5.71. The number of carbonyl (C=O) groups is 1. The zero-order chi connectivity index (χ0) is 21.8. The van der Waals surface area contributed by atoms with Crippen LogP contribution in [0.1, 0.15) is 37.4 Å². The molecule has 1 aliphatic rings. The van der Waals surface area contributed by atoms with Gasteiger partial charge in [-0.25, -0.2) is 4.98 Å². The highest BCUT2D eigenvalue weighted by atomic mass is 16.4. The summed E-state index contributed by atoms with van der Waals surface area (Å²) in [5, 5.41) is 11.7. The summed E-state index contributed by atoms with van der Waals surface area (Å²) in [7, 11) is 0. The van der Waals surface area contributed by atoms with Crippen LogP contribution in [0.15, 0.2) is 65.2 Å². The monoisotopic (exact) mass is 427 g/mol. The van der Waals surface area contributed by atoms with Crippen LogP contribution in [0, 0.1) is 0 Å². The van der Waals surface area contributed by atoms with Gasteiger partial charge in [0.25, 0.3) is 0 Å². The number of aromatic nitrogens is 4. The summed E-state index contributed by atoms with van der Waals surface area (Å²) in [4.78, 5) is 16.7. The van der Waals surface area contributed by atoms with Crippen LogP contribution in [0.4, 0.5) is 5.69 Å². The molecule has 0 radical (unpaired) electrons. The van der Waals surface area contributed by atoms with E-state index in [1.807, 2.05) is 54.6 Å². The third kappa shape index (κ3) is 4.46. The Labute approximate surface area is 186 Å². The first-order chi connectivity index (χ1) is 15.8. The Morgan fingerprint density at radius 2 is 1.81 bits per heavy atom. The smallest absolute Gasteiger partial charge is 0.224 e. The Kier molecular flexibility index (Phi) is 5.79. The van der Waals surface area contributed by atoms with Crippen molar-refractivity contribution in [2.24, 2.45) is 0 Å². The van der Waals surface area contributed by atoms with Crippen LogP contribution < -0.4 is 5.32 Å². The minimum atomic E-state index is -0.0754. The molecule has 7 heteroatoms. The number of oxazole rings is 1. The summed E-state index contributed by atoms with van der Waals surface area (Å²) in [6.45, 7) is 0.961. The molecule has 0 atom stereocenters. The average Bonchev–Trinajstić information content (AvgIpc) is 3.40. The van der Waals surface area contributed by atoms with Crippen molar-refractivity contribution in [2.75, 3.05) is 5.32 Å². The van der Waals surface area contributed by atoms with Crippen molar-refractivity contribution in [1.82, 2.24) is 19.7 Å². The molecule has 7 nitrogen and oxygen atoms in total. The molecule has 3 heterocycles. The number of fused-ring (bicyclic) bond motifs is 1. The van der Waals surface area contributed by atoms with E-state index < -0.39 is 0 Å². The van der Waals surface area contributed by atoms with E-state index in [1.54, 1.807) is 6.20 Å². The lowest BCUT2D eigenvalue weighted by molar-refractivity contribution is -0.116. The Morgan fingerprint density at radius 3 is 2.66 bits per heavy atom. The topological polar surface area (TPSA) is 85.8 Å². The van der Waals surface area contributed by atoms with Crippen molar-refractivity contribution in [2.45, 2.75) is 45.1 Å². The molecular formula is C25H25N5O2. The molecule has 0 aliphatic carbocycles. The van der Waals surface area contributed by atoms with Crippen LogP contribution in [0.5, 0.6) is 0 Å². The molecular weight excluding hydrogens is 402 g/mol. The van der Waals surface area contributed by atoms with E-state index in [-0.39, 0.29) is 5.91 Å². The van der Waals surface area contributed by atoms with Crippen LogP contribution >= 0.6 is 0 Å². The van der Waals surface area contributed by atoms with E-state index in [0.717, 1.165) is 47.8 Å². The molecule has 0 spiro atoms. The highest BCUT2D eigenvalue weighted by molar-refractivity contribution is 5.91. The number of rotatable bonds is 6. The van der Waals surface area contributed by atoms with Crippen molar-refractivity contribution < 1.29 is 9.21 Å². The van der Waals surface area contributed by atoms with Gasteiger partial charge in [-0.1, -0.05) is 36.8 Å². The number of hydrogen-bond donors (Lipinski definition) is 1. The first-order valence-electron chi connectivity index (χ1n) is 11.1. The molecule has 0 unspecified atom stereocenters. The fourth-order valence-corrected chi connectivity index (χ4v) is 4.01. The first kappa shape index (κ1) is 20.2. The zero-order valence-corrected chi connectivity index (χ0v) is 17.8. The van der Waals surface area contributed by atoms with Crippen molar-refractivity contribution >= 4 is 11.6 Å². The van der Waals surface area contributed by atoms with Crippen LogP contribution in [0.2, 0.25) is 0 Å². The molecule has 1 N–H and O–H groups in total. The fraction of sp³-hybridized carbons (Fsp3) is 0.280. The van der Waals surface area contributed by atoms with Gasteiger partial charge >= 0.3 is 0 Å². The second-order valence-corrected chi connectivity index (χ2v) is 8.01. The van der Waals surface area contributed by atoms with Gasteiger partial charge in [0.15, 0.2) is 17.5 Å². The number of amides is 1. The standard InChI is InChI=1S/C25H25N5O2/c31-23(14-15-24-26-17-21(32-24)18-7-3-1-4-8-18)27-20-12-10-19(11-13-20)25-29-28-22-9-5-2-6-16-30(22)25/h1,3-4,7-8,10-13,17H,2,5-6,9,14-16H2,(H,27,31). The van der Waals surface area contributed by atoms with E-state index in [0.29, 0.717) is 24.5 Å². The largest absolute Gasteiger partial charge is 0.441 e. The average molecular weight is 428 g/mol. The molecule has 2 aromatic carbocycles. The highest BCUT2D eigenvalue weighted by Gasteiger charge is 2.16. The molecule has 32 heavy (non-hydrogen) atoms. The van der Waals surface area contributed by atoms with Gasteiger partial charge in [-0.05, 0) is 37.1 Å². The molecule has 1 aliphatic heterocycles. The maximum atomic E-state index is 12.4. The number of carbonyl (C=O) groups excluding carboxylic acids is 1. The van der Waals surface area contributed by atoms with Gasteiger partial charge in [0.1, 0.15) is 5.82 Å². The van der Waals surface area contributed by atoms with E-state index in [9.17, 15) is 4.79 Å². The maximum Gasteiger partial charge on any atom is 0.224 e. The van der Waals surface area contributed by atoms with Crippen molar-refractivity contribution in [1.29, 1.82) is 0 Å². The lowest BCUT2D eigenvalue weighted by Gasteiger charge is -2.08. The molecule has 0 saturated carbocycles. The summed E-state index contributed by atoms with van der Waals surface area (Å²) < 4.78 is 8.00. The Hall–Kier alpha value is -3.74. The molecule has 5 rings (SSSR count). The molecule has 4 aromatic rings. The number of aryl methyl sites for hydroxylation is 2. The summed E-state index contributed by atoms with van der Waals surface area (Å²) in [5.41, 5.74) is 2.74. The predicted octanol–water partition coefficient (Wildman–Crippen LogP) is 4.90. The van der Waals surface area contributed by atoms with Crippen LogP contribution in [0.3, 0.4) is 0 Å². The van der Waals surface area contributed by atoms with Crippen molar-refractivity contribution in [3.05, 3.63) is 72.5 Å². The van der Waals surface area contributed by atoms with Gasteiger partial charge in [-0.3, -0.25) is 4.79 Å². The van der Waals surface area contributed by atoms with Crippen molar-refractivity contribution in [3.63, 3.8) is 0 Å². The maximum absolute atomic E-state index is 12.4. The van der Waals surface area contributed by atoms with Gasteiger partial charge in [0, 0.05) is 42.6 Å². The summed E-state index contributed by atoms with van der Waals surface area (Å²) >= 11 is 0.